The molecule has 0 aliphatic carbocycles. The van der Waals surface area contributed by atoms with Crippen LogP contribution >= 0.6 is 11.6 Å². The lowest BCUT2D eigenvalue weighted by Crippen LogP contribution is -2.18. The minimum absolute atomic E-state index is 0.101. The van der Waals surface area contributed by atoms with Gasteiger partial charge in [-0.05, 0) is 48.9 Å². The predicted molar refractivity (Wildman–Crippen MR) is 81.4 cm³/mol. The minimum Gasteiger partial charge on any atom is -0.457 e. The molecule has 0 saturated heterocycles. The van der Waals surface area contributed by atoms with Crippen LogP contribution in [0.2, 0.25) is 5.02 Å². The molecule has 0 aliphatic heterocycles. The SMILES string of the molecule is CC(/C=C/c1cccc(Oc2ccc(Cl)cc2)c1)NO. The van der Waals surface area contributed by atoms with Crippen LogP contribution in [0.5, 0.6) is 11.5 Å². The molecule has 0 spiro atoms. The molecule has 0 saturated carbocycles. The van der Waals surface area contributed by atoms with Crippen LogP contribution in [0.25, 0.3) is 6.08 Å². The number of halogens is 1. The third kappa shape index (κ3) is 4.38. The molecule has 1 unspecified atom stereocenters. The second-order valence-corrected chi connectivity index (χ2v) is 4.84. The maximum Gasteiger partial charge on any atom is 0.128 e. The van der Waals surface area contributed by atoms with Gasteiger partial charge in [-0.3, -0.25) is 0 Å². The first kappa shape index (κ1) is 14.6. The standard InChI is InChI=1S/C16H16ClNO2/c1-12(18-19)5-6-13-3-2-4-16(11-13)20-15-9-7-14(17)8-10-15/h2-12,18-19H,1H3/b6-5+. The van der Waals surface area contributed by atoms with Gasteiger partial charge in [-0.2, -0.15) is 5.48 Å². The Morgan fingerprint density at radius 1 is 1.15 bits per heavy atom. The zero-order valence-corrected chi connectivity index (χ0v) is 11.8. The van der Waals surface area contributed by atoms with Crippen molar-refractivity contribution in [3.63, 3.8) is 0 Å². The molecule has 2 rings (SSSR count). The Labute approximate surface area is 123 Å². The lowest BCUT2D eigenvalue weighted by molar-refractivity contribution is 0.150. The summed E-state index contributed by atoms with van der Waals surface area (Å²) in [4.78, 5) is 0. The highest BCUT2D eigenvalue weighted by Gasteiger charge is 1.98. The van der Waals surface area contributed by atoms with Gasteiger partial charge in [0.05, 0.1) is 0 Å². The van der Waals surface area contributed by atoms with E-state index in [1.54, 1.807) is 12.1 Å². The van der Waals surface area contributed by atoms with Gasteiger partial charge in [-0.15, -0.1) is 0 Å². The maximum absolute atomic E-state index is 8.75. The number of ether oxygens (including phenoxy) is 1. The number of benzene rings is 2. The molecule has 2 N–H and O–H groups in total. The smallest absolute Gasteiger partial charge is 0.128 e. The van der Waals surface area contributed by atoms with Crippen molar-refractivity contribution < 1.29 is 9.94 Å². The molecule has 20 heavy (non-hydrogen) atoms. The van der Waals surface area contributed by atoms with Gasteiger partial charge >= 0.3 is 0 Å². The molecule has 1 atom stereocenters. The second-order valence-electron chi connectivity index (χ2n) is 4.41. The van der Waals surface area contributed by atoms with Crippen LogP contribution in [0.1, 0.15) is 12.5 Å². The fourth-order valence-electron chi connectivity index (χ4n) is 1.62. The molecule has 0 heterocycles. The van der Waals surface area contributed by atoms with E-state index in [1.807, 2.05) is 55.5 Å². The highest BCUT2D eigenvalue weighted by molar-refractivity contribution is 6.30. The van der Waals surface area contributed by atoms with Crippen LogP contribution in [0.3, 0.4) is 0 Å². The lowest BCUT2D eigenvalue weighted by Gasteiger charge is -2.07. The Kier molecular flexibility index (Phi) is 5.18. The molecule has 3 nitrogen and oxygen atoms in total. The van der Waals surface area contributed by atoms with E-state index in [2.05, 4.69) is 5.48 Å². The van der Waals surface area contributed by atoms with Gasteiger partial charge in [-0.25, -0.2) is 0 Å². The fraction of sp³-hybridized carbons (Fsp3) is 0.125. The van der Waals surface area contributed by atoms with E-state index >= 15 is 0 Å². The van der Waals surface area contributed by atoms with E-state index in [4.69, 9.17) is 21.5 Å². The molecular formula is C16H16ClNO2. The van der Waals surface area contributed by atoms with Crippen molar-refractivity contribution in [3.05, 3.63) is 65.2 Å². The normalized spacial score (nSPS) is 12.6. The van der Waals surface area contributed by atoms with Crippen LogP contribution in [-0.4, -0.2) is 11.2 Å². The number of nitrogens with one attached hydrogen (secondary N) is 1. The van der Waals surface area contributed by atoms with Crippen molar-refractivity contribution in [1.29, 1.82) is 0 Å². The number of rotatable bonds is 5. The summed E-state index contributed by atoms with van der Waals surface area (Å²) < 4.78 is 5.75. The summed E-state index contributed by atoms with van der Waals surface area (Å²) in [5.41, 5.74) is 3.16. The molecule has 2 aromatic rings. The minimum atomic E-state index is -0.101. The molecule has 104 valence electrons. The van der Waals surface area contributed by atoms with Gasteiger partial charge < -0.3 is 9.94 Å². The summed E-state index contributed by atoms with van der Waals surface area (Å²) in [6.07, 6.45) is 3.78. The quantitative estimate of drug-likeness (QED) is 0.796. The van der Waals surface area contributed by atoms with Gasteiger partial charge in [0.1, 0.15) is 11.5 Å². The van der Waals surface area contributed by atoms with Crippen molar-refractivity contribution >= 4 is 17.7 Å². The average Bonchev–Trinajstić information content (AvgIpc) is 2.47. The summed E-state index contributed by atoms with van der Waals surface area (Å²) >= 11 is 5.83. The lowest BCUT2D eigenvalue weighted by atomic mass is 10.2. The first-order valence-electron chi connectivity index (χ1n) is 6.28. The molecule has 4 heteroatoms. The highest BCUT2D eigenvalue weighted by atomic mass is 35.5. The van der Waals surface area contributed by atoms with Crippen molar-refractivity contribution in [2.75, 3.05) is 0 Å². The zero-order chi connectivity index (χ0) is 14.4. The topological polar surface area (TPSA) is 41.5 Å². The van der Waals surface area contributed by atoms with E-state index in [9.17, 15) is 0 Å². The van der Waals surface area contributed by atoms with E-state index < -0.39 is 0 Å². The molecule has 0 aromatic heterocycles. The van der Waals surface area contributed by atoms with Crippen LogP contribution < -0.4 is 10.2 Å². The molecule has 0 amide bonds. The van der Waals surface area contributed by atoms with E-state index in [0.717, 1.165) is 17.1 Å². The molecule has 0 bridgehead atoms. The van der Waals surface area contributed by atoms with Crippen LogP contribution in [0.15, 0.2) is 54.6 Å². The van der Waals surface area contributed by atoms with Crippen molar-refractivity contribution in [2.24, 2.45) is 0 Å². The fourth-order valence-corrected chi connectivity index (χ4v) is 1.74. The van der Waals surface area contributed by atoms with Gasteiger partial charge in [0.25, 0.3) is 0 Å². The van der Waals surface area contributed by atoms with Crippen molar-refractivity contribution in [2.45, 2.75) is 13.0 Å². The monoisotopic (exact) mass is 289 g/mol. The Hall–Kier alpha value is -1.81. The third-order valence-corrected chi connectivity index (χ3v) is 2.94. The summed E-state index contributed by atoms with van der Waals surface area (Å²) in [5, 5.41) is 9.43. The second kappa shape index (κ2) is 7.10. The average molecular weight is 290 g/mol. The van der Waals surface area contributed by atoms with Crippen LogP contribution in [0, 0.1) is 0 Å². The van der Waals surface area contributed by atoms with Crippen LogP contribution in [0.4, 0.5) is 0 Å². The summed E-state index contributed by atoms with van der Waals surface area (Å²) in [6.45, 7) is 1.85. The first-order chi connectivity index (χ1) is 9.67. The largest absolute Gasteiger partial charge is 0.457 e. The zero-order valence-electron chi connectivity index (χ0n) is 11.1. The Balaban J connectivity index is 2.09. The summed E-state index contributed by atoms with van der Waals surface area (Å²) in [6, 6.07) is 14.8. The Bertz CT molecular complexity index is 581. The maximum atomic E-state index is 8.75. The molecule has 0 aliphatic rings. The van der Waals surface area contributed by atoms with Gasteiger partial charge in [0, 0.05) is 11.1 Å². The molecule has 2 aromatic carbocycles. The summed E-state index contributed by atoms with van der Waals surface area (Å²) in [5.74, 6) is 1.49. The van der Waals surface area contributed by atoms with E-state index in [0.29, 0.717) is 5.02 Å². The molecular weight excluding hydrogens is 274 g/mol. The number of hydrogen-bond donors (Lipinski definition) is 2. The number of hydrogen-bond acceptors (Lipinski definition) is 3. The Morgan fingerprint density at radius 3 is 2.60 bits per heavy atom. The number of hydroxylamine groups is 1. The third-order valence-electron chi connectivity index (χ3n) is 2.69. The van der Waals surface area contributed by atoms with Crippen LogP contribution in [-0.2, 0) is 0 Å². The summed E-state index contributed by atoms with van der Waals surface area (Å²) in [7, 11) is 0. The van der Waals surface area contributed by atoms with E-state index in [1.165, 1.54) is 0 Å². The van der Waals surface area contributed by atoms with Crippen molar-refractivity contribution in [1.82, 2.24) is 5.48 Å². The molecule has 0 radical (unpaired) electrons. The van der Waals surface area contributed by atoms with Gasteiger partial charge in [0.2, 0.25) is 0 Å². The first-order valence-corrected chi connectivity index (χ1v) is 6.66. The van der Waals surface area contributed by atoms with Gasteiger partial charge in [0.15, 0.2) is 0 Å². The highest BCUT2D eigenvalue weighted by Crippen LogP contribution is 2.24. The molecule has 0 fully saturated rings. The predicted octanol–water partition coefficient (Wildman–Crippen LogP) is 4.51. The Morgan fingerprint density at radius 2 is 1.90 bits per heavy atom. The van der Waals surface area contributed by atoms with E-state index in [-0.39, 0.29) is 6.04 Å². The van der Waals surface area contributed by atoms with Crippen molar-refractivity contribution in [3.8, 4) is 11.5 Å². The van der Waals surface area contributed by atoms with Gasteiger partial charge in [-0.1, -0.05) is 35.9 Å².